The predicted molar refractivity (Wildman–Crippen MR) is 197 cm³/mol. The summed E-state index contributed by atoms with van der Waals surface area (Å²) in [4.78, 5) is 32.3. The standard InChI is InChI=1S/C40H54N6O2/c1-28(2)21-36-27-45(39(47)37(42)24-29-14-16-31-9-3-5-11-33(31)22-29)35(13-7-8-19-44-20-18-41)26-46(36)40(48)38(43)25-30-15-17-32-10-4-6-12-34(32)23-30/h3-6,9-12,14-17,22-23,28,35-38,44H,7-8,13,18-21,24-27,41-43H2,1-2H3/t35-,36+,37-,38+/m0/s1. The van der Waals surface area contributed by atoms with Gasteiger partial charge in [0.15, 0.2) is 0 Å². The van der Waals surface area contributed by atoms with E-state index >= 15 is 0 Å². The fourth-order valence-corrected chi connectivity index (χ4v) is 7.18. The molecule has 1 fully saturated rings. The number of nitrogens with two attached hydrogens (primary N) is 3. The Morgan fingerprint density at radius 3 is 1.73 bits per heavy atom. The molecule has 0 aromatic heterocycles. The largest absolute Gasteiger partial charge is 0.335 e. The van der Waals surface area contributed by atoms with E-state index in [-0.39, 0.29) is 23.9 Å². The number of benzene rings is 4. The van der Waals surface area contributed by atoms with Gasteiger partial charge in [-0.05, 0) is 77.2 Å². The van der Waals surface area contributed by atoms with Gasteiger partial charge in [-0.2, -0.15) is 0 Å². The van der Waals surface area contributed by atoms with E-state index in [0.717, 1.165) is 60.7 Å². The molecule has 2 amide bonds. The van der Waals surface area contributed by atoms with Gasteiger partial charge in [-0.15, -0.1) is 0 Å². The summed E-state index contributed by atoms with van der Waals surface area (Å²) in [5, 5.41) is 7.97. The second kappa shape index (κ2) is 17.0. The Labute approximate surface area is 286 Å². The van der Waals surface area contributed by atoms with Crippen molar-refractivity contribution in [3.63, 3.8) is 0 Å². The summed E-state index contributed by atoms with van der Waals surface area (Å²) in [6.45, 7) is 7.51. The number of amides is 2. The second-order valence-electron chi connectivity index (χ2n) is 13.9. The summed E-state index contributed by atoms with van der Waals surface area (Å²) in [5.41, 5.74) is 21.1. The molecule has 1 aliphatic rings. The summed E-state index contributed by atoms with van der Waals surface area (Å²) in [6, 6.07) is 27.4. The van der Waals surface area contributed by atoms with Crippen LogP contribution in [-0.2, 0) is 22.4 Å². The van der Waals surface area contributed by atoms with Crippen LogP contribution in [0.2, 0.25) is 0 Å². The smallest absolute Gasteiger partial charge is 0.240 e. The van der Waals surface area contributed by atoms with E-state index in [4.69, 9.17) is 17.2 Å². The summed E-state index contributed by atoms with van der Waals surface area (Å²) >= 11 is 0. The van der Waals surface area contributed by atoms with Crippen LogP contribution < -0.4 is 22.5 Å². The Morgan fingerprint density at radius 2 is 1.21 bits per heavy atom. The highest BCUT2D eigenvalue weighted by molar-refractivity contribution is 5.87. The van der Waals surface area contributed by atoms with E-state index < -0.39 is 12.1 Å². The van der Waals surface area contributed by atoms with Crippen molar-refractivity contribution in [3.05, 3.63) is 96.1 Å². The van der Waals surface area contributed by atoms with Gasteiger partial charge in [-0.25, -0.2) is 0 Å². The lowest BCUT2D eigenvalue weighted by molar-refractivity contribution is -0.149. The fraction of sp³-hybridized carbons (Fsp3) is 0.450. The average Bonchev–Trinajstić information content (AvgIpc) is 3.09. The topological polar surface area (TPSA) is 131 Å². The van der Waals surface area contributed by atoms with Crippen molar-refractivity contribution in [1.82, 2.24) is 15.1 Å². The molecule has 8 nitrogen and oxygen atoms in total. The lowest BCUT2D eigenvalue weighted by Crippen LogP contribution is -2.65. The molecule has 0 saturated carbocycles. The first-order valence-corrected chi connectivity index (χ1v) is 17.7. The molecule has 4 aromatic rings. The Morgan fingerprint density at radius 1 is 0.708 bits per heavy atom. The maximum absolute atomic E-state index is 14.2. The molecule has 5 rings (SSSR count). The number of piperazine rings is 1. The molecule has 0 aliphatic carbocycles. The van der Waals surface area contributed by atoms with Crippen molar-refractivity contribution < 1.29 is 9.59 Å². The minimum Gasteiger partial charge on any atom is -0.335 e. The molecule has 4 atom stereocenters. The second-order valence-corrected chi connectivity index (χ2v) is 13.9. The van der Waals surface area contributed by atoms with Crippen LogP contribution in [0.15, 0.2) is 84.9 Å². The van der Waals surface area contributed by atoms with Crippen LogP contribution in [0.4, 0.5) is 0 Å². The van der Waals surface area contributed by atoms with Crippen molar-refractivity contribution in [2.24, 2.45) is 23.1 Å². The van der Waals surface area contributed by atoms with Crippen LogP contribution in [-0.4, -0.2) is 78.5 Å². The van der Waals surface area contributed by atoms with Crippen LogP contribution in [0, 0.1) is 5.92 Å². The molecule has 48 heavy (non-hydrogen) atoms. The average molecular weight is 651 g/mol. The molecule has 4 aromatic carbocycles. The van der Waals surface area contributed by atoms with Gasteiger partial charge >= 0.3 is 0 Å². The van der Waals surface area contributed by atoms with Crippen LogP contribution >= 0.6 is 0 Å². The quantitative estimate of drug-likeness (QED) is 0.139. The molecule has 8 heteroatoms. The maximum Gasteiger partial charge on any atom is 0.240 e. The van der Waals surface area contributed by atoms with Crippen LogP contribution in [0.25, 0.3) is 21.5 Å². The van der Waals surface area contributed by atoms with Crippen molar-refractivity contribution in [1.29, 1.82) is 0 Å². The van der Waals surface area contributed by atoms with Gasteiger partial charge in [0.1, 0.15) is 0 Å². The molecule has 1 saturated heterocycles. The summed E-state index contributed by atoms with van der Waals surface area (Å²) in [5.74, 6) is 0.252. The van der Waals surface area contributed by atoms with Crippen molar-refractivity contribution in [2.45, 2.75) is 76.5 Å². The number of unbranched alkanes of at least 4 members (excludes halogenated alkanes) is 1. The Hall–Kier alpha value is -3.82. The van der Waals surface area contributed by atoms with Gasteiger partial charge in [0.05, 0.1) is 12.1 Å². The Balaban J connectivity index is 1.33. The normalized spacial score (nSPS) is 18.0. The molecule has 1 aliphatic heterocycles. The monoisotopic (exact) mass is 650 g/mol. The third kappa shape index (κ3) is 9.20. The number of hydrogen-bond donors (Lipinski definition) is 4. The number of nitrogens with one attached hydrogen (secondary N) is 1. The number of hydrogen-bond acceptors (Lipinski definition) is 6. The molecular weight excluding hydrogens is 596 g/mol. The van der Waals surface area contributed by atoms with Crippen LogP contribution in [0.5, 0.6) is 0 Å². The summed E-state index contributed by atoms with van der Waals surface area (Å²) in [7, 11) is 0. The van der Waals surface area contributed by atoms with E-state index in [0.29, 0.717) is 38.4 Å². The number of fused-ring (bicyclic) bond motifs is 2. The Kier molecular flexibility index (Phi) is 12.6. The van der Waals surface area contributed by atoms with E-state index in [1.54, 1.807) is 0 Å². The van der Waals surface area contributed by atoms with E-state index in [2.05, 4.69) is 79.8 Å². The number of nitrogens with zero attached hydrogens (tertiary/aromatic N) is 2. The molecule has 7 N–H and O–H groups in total. The van der Waals surface area contributed by atoms with Crippen LogP contribution in [0.1, 0.15) is 50.7 Å². The molecule has 0 bridgehead atoms. The van der Waals surface area contributed by atoms with Crippen molar-refractivity contribution >= 4 is 33.4 Å². The van der Waals surface area contributed by atoms with E-state index in [9.17, 15) is 9.59 Å². The fourth-order valence-electron chi connectivity index (χ4n) is 7.18. The van der Waals surface area contributed by atoms with Gasteiger partial charge in [0.2, 0.25) is 11.8 Å². The highest BCUT2D eigenvalue weighted by Crippen LogP contribution is 2.27. The molecule has 0 radical (unpaired) electrons. The number of carbonyl (C=O) groups is 2. The molecule has 0 unspecified atom stereocenters. The zero-order chi connectivity index (χ0) is 34.0. The number of carbonyl (C=O) groups excluding carboxylic acids is 2. The van der Waals surface area contributed by atoms with Gasteiger partial charge in [0.25, 0.3) is 0 Å². The number of rotatable bonds is 15. The minimum absolute atomic E-state index is 0.0454. The first kappa shape index (κ1) is 35.5. The predicted octanol–water partition coefficient (Wildman–Crippen LogP) is 4.61. The molecule has 0 spiro atoms. The zero-order valence-corrected chi connectivity index (χ0v) is 28.7. The van der Waals surface area contributed by atoms with Crippen molar-refractivity contribution in [3.8, 4) is 0 Å². The van der Waals surface area contributed by atoms with Crippen LogP contribution in [0.3, 0.4) is 0 Å². The van der Waals surface area contributed by atoms with Gasteiger partial charge < -0.3 is 32.3 Å². The molecule has 1 heterocycles. The Bertz CT molecular complexity index is 1660. The zero-order valence-electron chi connectivity index (χ0n) is 28.7. The lowest BCUT2D eigenvalue weighted by Gasteiger charge is -2.48. The highest BCUT2D eigenvalue weighted by Gasteiger charge is 2.40. The third-order valence-electron chi connectivity index (χ3n) is 9.64. The maximum atomic E-state index is 14.2. The van der Waals surface area contributed by atoms with E-state index in [1.165, 1.54) is 10.8 Å². The van der Waals surface area contributed by atoms with E-state index in [1.807, 2.05) is 34.1 Å². The van der Waals surface area contributed by atoms with Crippen molar-refractivity contribution in [2.75, 3.05) is 32.7 Å². The minimum atomic E-state index is -0.669. The molecular formula is C40H54N6O2. The molecule has 256 valence electrons. The van der Waals surface area contributed by atoms with Gasteiger partial charge in [0, 0.05) is 38.3 Å². The third-order valence-corrected chi connectivity index (χ3v) is 9.64. The lowest BCUT2D eigenvalue weighted by atomic mass is 9.92. The SMILES string of the molecule is CC(C)C[C@@H]1CN(C(=O)[C@@H](N)Cc2ccc3ccccc3c2)[C@@H](CCCCNCCN)CN1C(=O)[C@H](N)Cc1ccc2ccccc2c1. The first-order chi connectivity index (χ1) is 23.2. The van der Waals surface area contributed by atoms with Gasteiger partial charge in [-0.3, -0.25) is 9.59 Å². The summed E-state index contributed by atoms with van der Waals surface area (Å²) < 4.78 is 0. The summed E-state index contributed by atoms with van der Waals surface area (Å²) in [6.07, 6.45) is 4.39. The first-order valence-electron chi connectivity index (χ1n) is 17.7. The van der Waals surface area contributed by atoms with Gasteiger partial charge in [-0.1, -0.05) is 105 Å². The highest BCUT2D eigenvalue weighted by atomic mass is 16.2.